The highest BCUT2D eigenvalue weighted by Gasteiger charge is 2.35. The van der Waals surface area contributed by atoms with Crippen molar-refractivity contribution in [3.8, 4) is 0 Å². The number of hydrogen-bond acceptors (Lipinski definition) is 3. The molecule has 0 amide bonds. The van der Waals surface area contributed by atoms with Gasteiger partial charge in [0.25, 0.3) is 0 Å². The Morgan fingerprint density at radius 2 is 1.00 bits per heavy atom. The molecule has 0 fully saturated rings. The first-order valence-electron chi connectivity index (χ1n) is 10.4. The SMILES string of the molecule is C/C=C/CCCCCCCCCCCC[N+](CC(=O)O)(CC(=O)O)CC(=O)O. The number of carboxylic acids is 3. The van der Waals surface area contributed by atoms with E-state index in [1.165, 1.54) is 44.9 Å². The topological polar surface area (TPSA) is 112 Å². The predicted octanol–water partition coefficient (Wildman–Crippen LogP) is 3.92. The van der Waals surface area contributed by atoms with Crippen molar-refractivity contribution < 1.29 is 34.2 Å². The van der Waals surface area contributed by atoms with Crippen LogP contribution < -0.4 is 0 Å². The molecule has 0 aliphatic rings. The normalized spacial score (nSPS) is 11.8. The van der Waals surface area contributed by atoms with E-state index in [1.54, 1.807) is 0 Å². The number of aliphatic carboxylic acids is 3. The molecule has 0 heterocycles. The predicted molar refractivity (Wildman–Crippen MR) is 108 cm³/mol. The van der Waals surface area contributed by atoms with Gasteiger partial charge >= 0.3 is 17.9 Å². The lowest BCUT2D eigenvalue weighted by molar-refractivity contribution is -0.907. The number of nitrogens with zero attached hydrogens (tertiary/aromatic N) is 1. The zero-order chi connectivity index (χ0) is 21.3. The first kappa shape index (κ1) is 26.1. The Balaban J connectivity index is 4.02. The Kier molecular flexibility index (Phi) is 15.0. The standard InChI is InChI=1S/C21H37NO6/c1-2-3-4-5-6-7-8-9-10-11-12-13-14-15-22(16-19(23)24,17-20(25)26)18-21(27)28/h2-3H,4-18H2,1H3,(H2-,23,24,25,26,27,28)/p+1/b3-2+. The van der Waals surface area contributed by atoms with Crippen LogP contribution in [0.25, 0.3) is 0 Å². The molecular formula is C21H38NO6+. The van der Waals surface area contributed by atoms with Gasteiger partial charge < -0.3 is 15.3 Å². The highest BCUT2D eigenvalue weighted by atomic mass is 16.4. The molecule has 0 saturated heterocycles. The number of carbonyl (C=O) groups is 3. The maximum atomic E-state index is 11.1. The number of carboxylic acid groups (broad SMARTS) is 3. The van der Waals surface area contributed by atoms with Crippen LogP contribution >= 0.6 is 0 Å². The van der Waals surface area contributed by atoms with E-state index >= 15 is 0 Å². The fourth-order valence-electron chi connectivity index (χ4n) is 3.56. The average Bonchev–Trinajstić information content (AvgIpc) is 2.57. The molecule has 7 nitrogen and oxygen atoms in total. The summed E-state index contributed by atoms with van der Waals surface area (Å²) in [5.41, 5.74) is 0. The molecule has 0 rings (SSSR count). The molecule has 0 radical (unpaired) electrons. The molecule has 0 saturated carbocycles. The lowest BCUT2D eigenvalue weighted by atomic mass is 10.1. The van der Waals surface area contributed by atoms with Crippen LogP contribution in [0.2, 0.25) is 0 Å². The first-order chi connectivity index (χ1) is 13.3. The summed E-state index contributed by atoms with van der Waals surface area (Å²) in [4.78, 5) is 33.3. The van der Waals surface area contributed by atoms with E-state index in [0.717, 1.165) is 19.3 Å². The van der Waals surface area contributed by atoms with Crippen LogP contribution in [0.1, 0.15) is 77.6 Å². The van der Waals surface area contributed by atoms with Gasteiger partial charge in [-0.15, -0.1) is 0 Å². The van der Waals surface area contributed by atoms with E-state index in [2.05, 4.69) is 12.2 Å². The highest BCUT2D eigenvalue weighted by molar-refractivity contribution is 5.73. The minimum atomic E-state index is -1.17. The van der Waals surface area contributed by atoms with Crippen LogP contribution in [0.3, 0.4) is 0 Å². The van der Waals surface area contributed by atoms with Crippen LogP contribution in [0.5, 0.6) is 0 Å². The first-order valence-corrected chi connectivity index (χ1v) is 10.4. The molecule has 0 spiro atoms. The lowest BCUT2D eigenvalue weighted by Crippen LogP contribution is -2.57. The second kappa shape index (κ2) is 16.1. The molecule has 0 bridgehead atoms. The zero-order valence-corrected chi connectivity index (χ0v) is 17.3. The van der Waals surface area contributed by atoms with Gasteiger partial charge in [0.2, 0.25) is 0 Å². The van der Waals surface area contributed by atoms with E-state index in [0.29, 0.717) is 6.42 Å². The molecule has 28 heavy (non-hydrogen) atoms. The smallest absolute Gasteiger partial charge is 0.359 e. The lowest BCUT2D eigenvalue weighted by Gasteiger charge is -2.34. The number of rotatable bonds is 19. The zero-order valence-electron chi connectivity index (χ0n) is 17.3. The Labute approximate surface area is 168 Å². The van der Waals surface area contributed by atoms with Crippen LogP contribution in [0.4, 0.5) is 0 Å². The Morgan fingerprint density at radius 3 is 1.36 bits per heavy atom. The van der Waals surface area contributed by atoms with Gasteiger partial charge in [-0.3, -0.25) is 4.48 Å². The summed E-state index contributed by atoms with van der Waals surface area (Å²) in [6.45, 7) is 0.868. The third kappa shape index (κ3) is 15.2. The fourth-order valence-corrected chi connectivity index (χ4v) is 3.56. The molecule has 0 atom stereocenters. The van der Waals surface area contributed by atoms with Crippen molar-refractivity contribution >= 4 is 17.9 Å². The molecule has 0 aromatic rings. The molecule has 162 valence electrons. The average molecular weight is 401 g/mol. The largest absolute Gasteiger partial charge is 0.477 e. The Hall–Kier alpha value is -1.89. The van der Waals surface area contributed by atoms with E-state index in [9.17, 15) is 14.4 Å². The minimum absolute atomic E-state index is 0.261. The second-order valence-corrected chi connectivity index (χ2v) is 7.61. The van der Waals surface area contributed by atoms with Crippen LogP contribution in [0, 0.1) is 0 Å². The summed E-state index contributed by atoms with van der Waals surface area (Å²) in [6.07, 6.45) is 16.5. The maximum absolute atomic E-state index is 11.1. The van der Waals surface area contributed by atoms with Gasteiger partial charge in [-0.25, -0.2) is 14.4 Å². The summed E-state index contributed by atoms with van der Waals surface area (Å²) >= 11 is 0. The summed E-state index contributed by atoms with van der Waals surface area (Å²) in [5, 5.41) is 27.2. The van der Waals surface area contributed by atoms with Crippen LogP contribution in [-0.4, -0.2) is 63.9 Å². The second-order valence-electron chi connectivity index (χ2n) is 7.61. The minimum Gasteiger partial charge on any atom is -0.477 e. The van der Waals surface area contributed by atoms with Crippen molar-refractivity contribution in [3.63, 3.8) is 0 Å². The molecule has 0 unspecified atom stereocenters. The number of unbranched alkanes of at least 4 members (excludes halogenated alkanes) is 10. The third-order valence-electron chi connectivity index (χ3n) is 4.90. The number of quaternary nitrogens is 1. The summed E-state index contributed by atoms with van der Waals surface area (Å²) < 4.78 is -0.437. The van der Waals surface area contributed by atoms with E-state index in [-0.39, 0.29) is 6.54 Å². The van der Waals surface area contributed by atoms with Gasteiger partial charge in [0.05, 0.1) is 6.54 Å². The Morgan fingerprint density at radius 1 is 0.643 bits per heavy atom. The van der Waals surface area contributed by atoms with E-state index in [1.807, 2.05) is 6.92 Å². The van der Waals surface area contributed by atoms with Gasteiger partial charge in [-0.2, -0.15) is 0 Å². The van der Waals surface area contributed by atoms with E-state index < -0.39 is 42.0 Å². The van der Waals surface area contributed by atoms with Crippen molar-refractivity contribution in [3.05, 3.63) is 12.2 Å². The van der Waals surface area contributed by atoms with Gasteiger partial charge in [0, 0.05) is 0 Å². The van der Waals surface area contributed by atoms with Crippen molar-refractivity contribution in [1.29, 1.82) is 0 Å². The third-order valence-corrected chi connectivity index (χ3v) is 4.90. The van der Waals surface area contributed by atoms with Gasteiger partial charge in [0.15, 0.2) is 19.6 Å². The molecule has 3 N–H and O–H groups in total. The maximum Gasteiger partial charge on any atom is 0.359 e. The summed E-state index contributed by atoms with van der Waals surface area (Å²) in [7, 11) is 0. The number of hydrogen-bond donors (Lipinski definition) is 3. The molecule has 7 heteroatoms. The molecule has 0 aromatic heterocycles. The van der Waals surface area contributed by atoms with Gasteiger partial charge in [-0.1, -0.05) is 57.1 Å². The van der Waals surface area contributed by atoms with Crippen molar-refractivity contribution in [1.82, 2.24) is 0 Å². The molecule has 0 aliphatic carbocycles. The summed E-state index contributed by atoms with van der Waals surface area (Å²) in [5.74, 6) is -3.52. The summed E-state index contributed by atoms with van der Waals surface area (Å²) in [6, 6.07) is 0. The Bertz CT molecular complexity index is 448. The van der Waals surface area contributed by atoms with Crippen LogP contribution in [-0.2, 0) is 14.4 Å². The monoisotopic (exact) mass is 400 g/mol. The molecule has 0 aromatic carbocycles. The van der Waals surface area contributed by atoms with Crippen LogP contribution in [0.15, 0.2) is 12.2 Å². The molecular weight excluding hydrogens is 362 g/mol. The van der Waals surface area contributed by atoms with Crippen molar-refractivity contribution in [2.45, 2.75) is 77.6 Å². The number of allylic oxidation sites excluding steroid dienone is 2. The fraction of sp³-hybridized carbons (Fsp3) is 0.762. The van der Waals surface area contributed by atoms with Crippen molar-refractivity contribution in [2.75, 3.05) is 26.2 Å². The highest BCUT2D eigenvalue weighted by Crippen LogP contribution is 2.14. The van der Waals surface area contributed by atoms with Gasteiger partial charge in [-0.05, 0) is 32.6 Å². The van der Waals surface area contributed by atoms with Crippen molar-refractivity contribution in [2.24, 2.45) is 0 Å². The quantitative estimate of drug-likeness (QED) is 0.172. The van der Waals surface area contributed by atoms with E-state index in [4.69, 9.17) is 15.3 Å². The molecule has 0 aliphatic heterocycles. The van der Waals surface area contributed by atoms with Gasteiger partial charge in [0.1, 0.15) is 0 Å².